The van der Waals surface area contributed by atoms with Crippen LogP contribution in [0.4, 0.5) is 4.79 Å². The first kappa shape index (κ1) is 14.4. The first-order chi connectivity index (χ1) is 10.8. The predicted molar refractivity (Wildman–Crippen MR) is 80.5 cm³/mol. The molecule has 2 aromatic rings. The van der Waals surface area contributed by atoms with Crippen molar-refractivity contribution in [3.05, 3.63) is 42.5 Å². The average molecular weight is 301 g/mol. The number of hydrogen-bond donors (Lipinski definition) is 2. The van der Waals surface area contributed by atoms with Gasteiger partial charge in [-0.05, 0) is 12.5 Å². The summed E-state index contributed by atoms with van der Waals surface area (Å²) < 4.78 is 7.33. The number of benzene rings is 1. The van der Waals surface area contributed by atoms with E-state index in [1.807, 2.05) is 24.3 Å². The molecule has 1 aromatic heterocycles. The van der Waals surface area contributed by atoms with Crippen molar-refractivity contribution in [1.82, 2.24) is 25.4 Å². The van der Waals surface area contributed by atoms with Crippen LogP contribution in [0.3, 0.4) is 0 Å². The van der Waals surface area contributed by atoms with Crippen LogP contribution in [0.2, 0.25) is 0 Å². The summed E-state index contributed by atoms with van der Waals surface area (Å²) in [6.45, 7) is 1.95. The lowest BCUT2D eigenvalue weighted by Gasteiger charge is -2.26. The molecule has 2 heterocycles. The summed E-state index contributed by atoms with van der Waals surface area (Å²) in [4.78, 5) is 15.9. The molecule has 7 heteroatoms. The molecular weight excluding hydrogens is 282 g/mol. The highest BCUT2D eigenvalue weighted by Gasteiger charge is 2.22. The third-order valence-electron chi connectivity index (χ3n) is 3.58. The van der Waals surface area contributed by atoms with Crippen LogP contribution < -0.4 is 15.4 Å². The van der Waals surface area contributed by atoms with Crippen LogP contribution in [0.5, 0.6) is 5.75 Å². The number of aromatic nitrogens is 3. The number of aryl methyl sites for hydroxylation is 1. The maximum atomic E-state index is 12.0. The smallest absolute Gasteiger partial charge is 0.315 e. The number of carbonyl (C=O) groups is 1. The molecule has 2 N–H and O–H groups in total. The summed E-state index contributed by atoms with van der Waals surface area (Å²) in [7, 11) is 0. The first-order valence-corrected chi connectivity index (χ1v) is 7.41. The summed E-state index contributed by atoms with van der Waals surface area (Å²) in [5.74, 6) is 0.852. The average Bonchev–Trinajstić information content (AvgIpc) is 3.05. The number of para-hydroxylation sites is 1. The highest BCUT2D eigenvalue weighted by Crippen LogP contribution is 2.31. The van der Waals surface area contributed by atoms with Crippen molar-refractivity contribution in [2.24, 2.45) is 0 Å². The highest BCUT2D eigenvalue weighted by atomic mass is 16.5. The molecule has 0 fully saturated rings. The van der Waals surface area contributed by atoms with Crippen LogP contribution in [0, 0.1) is 0 Å². The molecule has 116 valence electrons. The maximum absolute atomic E-state index is 12.0. The van der Waals surface area contributed by atoms with E-state index in [0.717, 1.165) is 30.7 Å². The monoisotopic (exact) mass is 301 g/mol. The number of fused-ring (bicyclic) bond motifs is 1. The van der Waals surface area contributed by atoms with Crippen LogP contribution in [-0.4, -0.2) is 33.9 Å². The highest BCUT2D eigenvalue weighted by molar-refractivity contribution is 5.74. The third-order valence-corrected chi connectivity index (χ3v) is 3.58. The minimum Gasteiger partial charge on any atom is -0.493 e. The number of hydrogen-bond acceptors (Lipinski definition) is 4. The number of ether oxygens (including phenoxy) is 1. The molecule has 1 aromatic carbocycles. The fraction of sp³-hybridized carbons (Fsp3) is 0.400. The van der Waals surface area contributed by atoms with Crippen molar-refractivity contribution in [1.29, 1.82) is 0 Å². The van der Waals surface area contributed by atoms with Crippen molar-refractivity contribution in [3.8, 4) is 5.75 Å². The second kappa shape index (κ2) is 6.93. The molecule has 2 amide bonds. The fourth-order valence-corrected chi connectivity index (χ4v) is 2.49. The van der Waals surface area contributed by atoms with Crippen molar-refractivity contribution in [2.75, 3.05) is 13.2 Å². The summed E-state index contributed by atoms with van der Waals surface area (Å²) >= 11 is 0. The summed E-state index contributed by atoms with van der Waals surface area (Å²) in [5.41, 5.74) is 1.03. The molecule has 0 bridgehead atoms. The van der Waals surface area contributed by atoms with Gasteiger partial charge < -0.3 is 15.4 Å². The molecule has 3 rings (SSSR count). The molecule has 22 heavy (non-hydrogen) atoms. The number of rotatable bonds is 5. The van der Waals surface area contributed by atoms with Gasteiger partial charge >= 0.3 is 6.03 Å². The van der Waals surface area contributed by atoms with Crippen LogP contribution in [0.1, 0.15) is 24.4 Å². The van der Waals surface area contributed by atoms with Gasteiger partial charge in [0.25, 0.3) is 0 Å². The summed E-state index contributed by atoms with van der Waals surface area (Å²) in [5, 5.41) is 9.89. The number of urea groups is 1. The first-order valence-electron chi connectivity index (χ1n) is 7.41. The Balaban J connectivity index is 1.44. The van der Waals surface area contributed by atoms with Gasteiger partial charge in [0.2, 0.25) is 0 Å². The second-order valence-corrected chi connectivity index (χ2v) is 5.14. The standard InChI is InChI=1S/C15H19N5O2/c21-15(17-7-3-8-20-11-16-10-18-20)19-13-6-9-22-14-5-2-1-4-12(13)14/h1-2,4-5,10-11,13H,3,6-9H2,(H2,17,19,21)/t13-/m1/s1. The van der Waals surface area contributed by atoms with Crippen molar-refractivity contribution < 1.29 is 9.53 Å². The second-order valence-electron chi connectivity index (χ2n) is 5.14. The quantitative estimate of drug-likeness (QED) is 0.820. The number of amides is 2. The van der Waals surface area contributed by atoms with Crippen LogP contribution in [-0.2, 0) is 6.54 Å². The fourth-order valence-electron chi connectivity index (χ4n) is 2.49. The van der Waals surface area contributed by atoms with Gasteiger partial charge in [-0.3, -0.25) is 4.68 Å². The van der Waals surface area contributed by atoms with Crippen molar-refractivity contribution in [3.63, 3.8) is 0 Å². The Hall–Kier alpha value is -2.57. The summed E-state index contributed by atoms with van der Waals surface area (Å²) in [6.07, 6.45) is 4.76. The van der Waals surface area contributed by atoms with Crippen LogP contribution in [0.15, 0.2) is 36.9 Å². The van der Waals surface area contributed by atoms with E-state index in [2.05, 4.69) is 20.7 Å². The minimum atomic E-state index is -0.153. The van der Waals surface area contributed by atoms with Gasteiger partial charge in [0.1, 0.15) is 18.4 Å². The van der Waals surface area contributed by atoms with Gasteiger partial charge in [-0.15, -0.1) is 0 Å². The number of carbonyl (C=O) groups excluding carboxylic acids is 1. The molecule has 7 nitrogen and oxygen atoms in total. The van der Waals surface area contributed by atoms with E-state index in [1.165, 1.54) is 6.33 Å². The Bertz CT molecular complexity index is 614. The normalized spacial score (nSPS) is 16.5. The molecule has 1 aliphatic heterocycles. The third kappa shape index (κ3) is 3.55. The van der Waals surface area contributed by atoms with E-state index in [-0.39, 0.29) is 12.1 Å². The van der Waals surface area contributed by atoms with E-state index in [4.69, 9.17) is 4.74 Å². The Morgan fingerprint density at radius 3 is 3.18 bits per heavy atom. The predicted octanol–water partition coefficient (Wildman–Crippen LogP) is 1.49. The molecule has 1 aliphatic rings. The lowest BCUT2D eigenvalue weighted by molar-refractivity contribution is 0.223. The molecule has 0 spiro atoms. The Labute approximate surface area is 128 Å². The zero-order valence-corrected chi connectivity index (χ0v) is 12.2. The Kier molecular flexibility index (Phi) is 4.53. The van der Waals surface area contributed by atoms with E-state index in [1.54, 1.807) is 11.0 Å². The molecule has 0 unspecified atom stereocenters. The number of nitrogens with one attached hydrogen (secondary N) is 2. The van der Waals surface area contributed by atoms with Crippen LogP contribution in [0.25, 0.3) is 0 Å². The van der Waals surface area contributed by atoms with Crippen molar-refractivity contribution in [2.45, 2.75) is 25.4 Å². The SMILES string of the molecule is O=C(NCCCn1cncn1)N[C@@H]1CCOc2ccccc21. The van der Waals surface area contributed by atoms with Gasteiger partial charge in [0.15, 0.2) is 0 Å². The lowest BCUT2D eigenvalue weighted by atomic mass is 10.0. The zero-order valence-electron chi connectivity index (χ0n) is 12.2. The van der Waals surface area contributed by atoms with Gasteiger partial charge in [-0.2, -0.15) is 5.10 Å². The zero-order chi connectivity index (χ0) is 15.2. The van der Waals surface area contributed by atoms with Gasteiger partial charge in [-0.25, -0.2) is 9.78 Å². The molecule has 1 atom stereocenters. The Morgan fingerprint density at radius 2 is 2.32 bits per heavy atom. The van der Waals surface area contributed by atoms with Crippen molar-refractivity contribution >= 4 is 6.03 Å². The molecule has 0 saturated carbocycles. The van der Waals surface area contributed by atoms with E-state index < -0.39 is 0 Å². The van der Waals surface area contributed by atoms with Gasteiger partial charge in [0.05, 0.1) is 12.6 Å². The van der Waals surface area contributed by atoms with Gasteiger partial charge in [-0.1, -0.05) is 18.2 Å². The largest absolute Gasteiger partial charge is 0.493 e. The van der Waals surface area contributed by atoms with E-state index in [9.17, 15) is 4.79 Å². The molecular formula is C15H19N5O2. The van der Waals surface area contributed by atoms with E-state index >= 15 is 0 Å². The minimum absolute atomic E-state index is 0.000246. The molecule has 0 saturated heterocycles. The maximum Gasteiger partial charge on any atom is 0.315 e. The topological polar surface area (TPSA) is 81.1 Å². The lowest BCUT2D eigenvalue weighted by Crippen LogP contribution is -2.40. The molecule has 0 aliphatic carbocycles. The Morgan fingerprint density at radius 1 is 1.41 bits per heavy atom. The van der Waals surface area contributed by atoms with Gasteiger partial charge in [0, 0.05) is 25.1 Å². The number of nitrogens with zero attached hydrogens (tertiary/aromatic N) is 3. The molecule has 0 radical (unpaired) electrons. The van der Waals surface area contributed by atoms with Crippen LogP contribution >= 0.6 is 0 Å². The summed E-state index contributed by atoms with van der Waals surface area (Å²) in [6, 6.07) is 7.66. The van der Waals surface area contributed by atoms with E-state index in [0.29, 0.717) is 13.2 Å².